The van der Waals surface area contributed by atoms with E-state index in [1.54, 1.807) is 6.07 Å². The van der Waals surface area contributed by atoms with Gasteiger partial charge in [0.15, 0.2) is 0 Å². The molecule has 1 rings (SSSR count). The number of phenols is 1. The van der Waals surface area contributed by atoms with E-state index in [4.69, 9.17) is 9.47 Å². The van der Waals surface area contributed by atoms with Crippen molar-refractivity contribution in [3.8, 4) is 17.2 Å². The van der Waals surface area contributed by atoms with Crippen molar-refractivity contribution < 1.29 is 19.4 Å². The topological polar surface area (TPSA) is 55.8 Å². The normalized spacial score (nSPS) is 12.8. The van der Waals surface area contributed by atoms with Crippen molar-refractivity contribution >= 4 is 37.4 Å². The number of allylic oxidation sites excluding steroid dienone is 6. The Morgan fingerprint density at radius 3 is 2.09 bits per heavy atom. The van der Waals surface area contributed by atoms with Crippen molar-refractivity contribution in [2.75, 3.05) is 0 Å². The second kappa shape index (κ2) is 15.7. The molecule has 0 aliphatic heterocycles. The first-order valence-electron chi connectivity index (χ1n) is 13.2. The average Bonchev–Trinajstić information content (AvgIpc) is 2.74. The Kier molecular flexibility index (Phi) is 13.8. The molecule has 0 amide bonds. The first-order valence-corrected chi connectivity index (χ1v) is 13.2. The number of rotatable bonds is 16. The number of aromatic hydroxyl groups is 1. The molecule has 0 spiro atoms. The minimum absolute atomic E-state index is 0.0207. The zero-order valence-corrected chi connectivity index (χ0v) is 23.1. The van der Waals surface area contributed by atoms with Crippen molar-refractivity contribution in [2.45, 2.75) is 88.7 Å². The lowest BCUT2D eigenvalue weighted by molar-refractivity contribution is -0.134. The van der Waals surface area contributed by atoms with E-state index in [0.29, 0.717) is 17.9 Å². The lowest BCUT2D eigenvalue weighted by Gasteiger charge is -2.20. The summed E-state index contributed by atoms with van der Waals surface area (Å²) in [5.74, 6) is 0.547. The van der Waals surface area contributed by atoms with E-state index in [1.165, 1.54) is 12.1 Å². The van der Waals surface area contributed by atoms with E-state index in [1.807, 2.05) is 13.8 Å². The molecular weight excluding hydrogens is 432 g/mol. The highest BCUT2D eigenvalue weighted by Gasteiger charge is 2.14. The molecule has 0 aromatic heterocycles. The van der Waals surface area contributed by atoms with E-state index >= 15 is 0 Å². The van der Waals surface area contributed by atoms with Crippen LogP contribution in [0.1, 0.15) is 72.1 Å². The summed E-state index contributed by atoms with van der Waals surface area (Å²) in [7, 11) is 8.96. The van der Waals surface area contributed by atoms with Crippen LogP contribution in [0.5, 0.6) is 17.2 Å². The molecular formula is C27H44B4O4. The molecule has 8 heteroatoms. The molecule has 1 N–H and O–H groups in total. The van der Waals surface area contributed by atoms with E-state index < -0.39 is 0 Å². The number of hydrogen-bond donors (Lipinski definition) is 1. The highest BCUT2D eigenvalue weighted by atomic mass is 16.5. The molecule has 0 radical (unpaired) electrons. The SMILES string of the molecule is BC(B)(/C=C\CC)/C=C\C(B)(B)/C=C\CCCCCCCC(=O)Oc1cc(O)cc(OC(C)C)c1. The van der Waals surface area contributed by atoms with Crippen molar-refractivity contribution in [1.29, 1.82) is 0 Å². The second-order valence-corrected chi connectivity index (χ2v) is 10.8. The maximum atomic E-state index is 12.1. The Bertz CT molecular complexity index is 861. The van der Waals surface area contributed by atoms with Crippen LogP contribution in [0.2, 0.25) is 10.4 Å². The van der Waals surface area contributed by atoms with Crippen molar-refractivity contribution in [1.82, 2.24) is 0 Å². The first kappa shape index (κ1) is 30.8. The minimum Gasteiger partial charge on any atom is -0.508 e. The van der Waals surface area contributed by atoms with E-state index in [9.17, 15) is 9.90 Å². The second-order valence-electron chi connectivity index (χ2n) is 10.8. The van der Waals surface area contributed by atoms with Crippen molar-refractivity contribution in [3.63, 3.8) is 0 Å². The van der Waals surface area contributed by atoms with Crippen LogP contribution >= 0.6 is 0 Å². The van der Waals surface area contributed by atoms with Crippen LogP contribution in [0.15, 0.2) is 54.7 Å². The van der Waals surface area contributed by atoms with Crippen LogP contribution in [-0.2, 0) is 4.79 Å². The van der Waals surface area contributed by atoms with Crippen molar-refractivity contribution in [3.05, 3.63) is 54.7 Å². The van der Waals surface area contributed by atoms with E-state index in [2.05, 4.69) is 74.8 Å². The quantitative estimate of drug-likeness (QED) is 0.130. The van der Waals surface area contributed by atoms with Gasteiger partial charge in [-0.1, -0.05) is 73.1 Å². The molecule has 1 aromatic carbocycles. The van der Waals surface area contributed by atoms with Crippen LogP contribution in [0.25, 0.3) is 0 Å². The average molecular weight is 476 g/mol. The van der Waals surface area contributed by atoms with Gasteiger partial charge in [-0.15, -0.1) is 0 Å². The van der Waals surface area contributed by atoms with Gasteiger partial charge in [-0.2, -0.15) is 0 Å². The van der Waals surface area contributed by atoms with Crippen LogP contribution in [0.4, 0.5) is 0 Å². The van der Waals surface area contributed by atoms with Crippen molar-refractivity contribution in [2.24, 2.45) is 0 Å². The number of carbonyl (C=O) groups excluding carboxylic acids is 1. The summed E-state index contributed by atoms with van der Waals surface area (Å²) in [6.07, 6.45) is 21.4. The number of esters is 1. The van der Waals surface area contributed by atoms with Crippen LogP contribution in [-0.4, -0.2) is 48.6 Å². The predicted octanol–water partition coefficient (Wildman–Crippen LogP) is 3.66. The maximum Gasteiger partial charge on any atom is 0.311 e. The third-order valence-corrected chi connectivity index (χ3v) is 5.49. The summed E-state index contributed by atoms with van der Waals surface area (Å²) in [6.45, 7) is 5.97. The molecule has 0 saturated heterocycles. The van der Waals surface area contributed by atoms with Gasteiger partial charge in [-0.25, -0.2) is 0 Å². The molecule has 1 aromatic rings. The molecule has 0 aliphatic rings. The summed E-state index contributed by atoms with van der Waals surface area (Å²) in [5.41, 5.74) is 0. The molecule has 0 aliphatic carbocycles. The molecule has 0 atom stereocenters. The Morgan fingerprint density at radius 1 is 0.886 bits per heavy atom. The van der Waals surface area contributed by atoms with Gasteiger partial charge in [0.1, 0.15) is 48.6 Å². The number of carbonyl (C=O) groups is 1. The van der Waals surface area contributed by atoms with E-state index in [0.717, 1.165) is 44.9 Å². The molecule has 0 fully saturated rings. The molecule has 4 nitrogen and oxygen atoms in total. The molecule has 0 saturated carbocycles. The largest absolute Gasteiger partial charge is 0.508 e. The zero-order valence-electron chi connectivity index (χ0n) is 23.1. The van der Waals surface area contributed by atoms with Crippen LogP contribution in [0.3, 0.4) is 0 Å². The number of benzene rings is 1. The predicted molar refractivity (Wildman–Crippen MR) is 159 cm³/mol. The van der Waals surface area contributed by atoms with Crippen LogP contribution in [0, 0.1) is 0 Å². The fourth-order valence-corrected chi connectivity index (χ4v) is 3.55. The maximum absolute atomic E-state index is 12.1. The summed E-state index contributed by atoms with van der Waals surface area (Å²) >= 11 is 0. The third-order valence-electron chi connectivity index (χ3n) is 5.49. The van der Waals surface area contributed by atoms with Gasteiger partial charge >= 0.3 is 5.97 Å². The number of hydrogen-bond acceptors (Lipinski definition) is 4. The Morgan fingerprint density at radius 2 is 1.46 bits per heavy atom. The van der Waals surface area contributed by atoms with Gasteiger partial charge in [0.25, 0.3) is 0 Å². The van der Waals surface area contributed by atoms with Gasteiger partial charge in [0.05, 0.1) is 6.10 Å². The van der Waals surface area contributed by atoms with E-state index in [-0.39, 0.29) is 28.3 Å². The fourth-order valence-electron chi connectivity index (χ4n) is 3.55. The summed E-state index contributed by atoms with van der Waals surface area (Å²) in [6, 6.07) is 4.57. The Balaban J connectivity index is 2.25. The van der Waals surface area contributed by atoms with Crippen LogP contribution < -0.4 is 9.47 Å². The molecule has 0 bridgehead atoms. The van der Waals surface area contributed by atoms with Gasteiger partial charge in [-0.3, -0.25) is 4.79 Å². The standard InChI is InChI=1S/C27H44B4O4/c1-4-5-14-26(28,29)16-17-27(30,31)15-12-10-8-6-7-9-11-13-25(33)35-24-19-22(32)18-23(20-24)34-21(2)3/h5,12,14-21,32H,4,6-11,13,28-31H2,1-3H3/b14-5-,15-12-,17-16-. The minimum atomic E-state index is -0.280. The lowest BCUT2D eigenvalue weighted by atomic mass is 9.50. The molecule has 188 valence electrons. The molecule has 0 heterocycles. The smallest absolute Gasteiger partial charge is 0.311 e. The van der Waals surface area contributed by atoms with Gasteiger partial charge in [0.2, 0.25) is 0 Å². The monoisotopic (exact) mass is 476 g/mol. The molecule has 35 heavy (non-hydrogen) atoms. The zero-order chi connectivity index (χ0) is 26.3. The summed E-state index contributed by atoms with van der Waals surface area (Å²) < 4.78 is 10.9. The first-order chi connectivity index (χ1) is 16.4. The van der Waals surface area contributed by atoms with Gasteiger partial charge in [-0.05, 0) is 39.5 Å². The Hall–Kier alpha value is -2.23. The van der Waals surface area contributed by atoms with Gasteiger partial charge in [0, 0.05) is 24.6 Å². The third kappa shape index (κ3) is 15.4. The number of ether oxygens (including phenoxy) is 2. The highest BCUT2D eigenvalue weighted by Crippen LogP contribution is 2.29. The number of phenolic OH excluding ortho intramolecular Hbond substituents is 1. The lowest BCUT2D eigenvalue weighted by Crippen LogP contribution is -2.10. The highest BCUT2D eigenvalue weighted by molar-refractivity contribution is 6.44. The summed E-state index contributed by atoms with van der Waals surface area (Å²) in [4.78, 5) is 12.1. The number of unbranched alkanes of at least 4 members (excludes halogenated alkanes) is 5. The Labute approximate surface area is 217 Å². The fraction of sp³-hybridized carbons (Fsp3) is 0.519. The molecule has 0 unspecified atom stereocenters. The van der Waals surface area contributed by atoms with Gasteiger partial charge < -0.3 is 14.6 Å². The summed E-state index contributed by atoms with van der Waals surface area (Å²) in [5, 5.41) is 9.94.